The van der Waals surface area contributed by atoms with Crippen LogP contribution in [0.5, 0.6) is 0 Å². The molecule has 1 rings (SSSR count). The predicted octanol–water partition coefficient (Wildman–Crippen LogP) is 1.97. The summed E-state index contributed by atoms with van der Waals surface area (Å²) in [7, 11) is 0. The van der Waals surface area contributed by atoms with Crippen LogP contribution in [0.4, 0.5) is 13.2 Å². The van der Waals surface area contributed by atoms with E-state index in [1.807, 2.05) is 0 Å². The van der Waals surface area contributed by atoms with E-state index in [4.69, 9.17) is 0 Å². The van der Waals surface area contributed by atoms with E-state index in [0.29, 0.717) is 0 Å². The lowest BCUT2D eigenvalue weighted by Crippen LogP contribution is -2.34. The maximum absolute atomic E-state index is 11.6. The fraction of sp³-hybridized carbons (Fsp3) is 1.00. The van der Waals surface area contributed by atoms with Gasteiger partial charge in [-0.2, -0.15) is 0 Å². The molecule has 0 radical (unpaired) electrons. The highest BCUT2D eigenvalue weighted by Gasteiger charge is 2.30. The van der Waals surface area contributed by atoms with Gasteiger partial charge in [-0.25, -0.2) is 0 Å². The van der Waals surface area contributed by atoms with Crippen molar-refractivity contribution in [2.45, 2.75) is 25.6 Å². The molecule has 0 bridgehead atoms. The van der Waals surface area contributed by atoms with Crippen molar-refractivity contribution in [3.63, 3.8) is 0 Å². The Morgan fingerprint density at radius 1 is 1.08 bits per heavy atom. The molecule has 1 aliphatic rings. The minimum atomic E-state index is -4.49. The van der Waals surface area contributed by atoms with E-state index in [0.717, 1.165) is 32.4 Å². The summed E-state index contributed by atoms with van der Waals surface area (Å²) in [4.78, 5) is 1.68. The first-order valence-corrected chi connectivity index (χ1v) is 4.01. The van der Waals surface area contributed by atoms with Gasteiger partial charge in [-0.05, 0) is 12.8 Å². The zero-order valence-corrected chi connectivity index (χ0v) is 6.73. The molecule has 0 aliphatic carbocycles. The zero-order valence-electron chi connectivity index (χ0n) is 6.73. The predicted molar refractivity (Wildman–Crippen MR) is 37.4 cm³/mol. The Kier molecular flexibility index (Phi) is 3.34. The maximum Gasteiger partial charge on any atom is 0.523 e. The summed E-state index contributed by atoms with van der Waals surface area (Å²) < 4.78 is 38.4. The number of hydrogen-bond acceptors (Lipinski definition) is 2. The third kappa shape index (κ3) is 3.92. The first-order chi connectivity index (χ1) is 5.58. The maximum atomic E-state index is 11.6. The van der Waals surface area contributed by atoms with Crippen molar-refractivity contribution in [3.8, 4) is 0 Å². The summed E-state index contributed by atoms with van der Waals surface area (Å²) in [6.07, 6.45) is -1.43. The smallest absolute Gasteiger partial charge is 0.281 e. The van der Waals surface area contributed by atoms with Crippen LogP contribution in [0.25, 0.3) is 0 Å². The molecule has 0 N–H and O–H groups in total. The number of ether oxygens (including phenoxy) is 1. The molecule has 0 aromatic rings. The van der Waals surface area contributed by atoms with Gasteiger partial charge in [0.05, 0.1) is 0 Å². The molecule has 1 fully saturated rings. The standard InChI is InChI=1S/C7H12F3NO/c8-7(9,10)12-6-11-4-2-1-3-5-11/h1-6H2. The molecule has 0 amide bonds. The van der Waals surface area contributed by atoms with Crippen molar-refractivity contribution < 1.29 is 17.9 Å². The Bertz CT molecular complexity index is 131. The van der Waals surface area contributed by atoms with Crippen molar-refractivity contribution in [2.24, 2.45) is 0 Å². The van der Waals surface area contributed by atoms with E-state index in [-0.39, 0.29) is 6.73 Å². The lowest BCUT2D eigenvalue weighted by molar-refractivity contribution is -0.337. The molecular weight excluding hydrogens is 171 g/mol. The third-order valence-corrected chi connectivity index (χ3v) is 1.86. The molecule has 5 heteroatoms. The molecule has 72 valence electrons. The molecular formula is C7H12F3NO. The van der Waals surface area contributed by atoms with Crippen LogP contribution in [0.1, 0.15) is 19.3 Å². The molecule has 0 saturated carbocycles. The topological polar surface area (TPSA) is 12.5 Å². The van der Waals surface area contributed by atoms with Crippen LogP contribution in [-0.4, -0.2) is 31.1 Å². The molecule has 1 aliphatic heterocycles. The van der Waals surface area contributed by atoms with E-state index >= 15 is 0 Å². The molecule has 0 atom stereocenters. The van der Waals surface area contributed by atoms with Crippen molar-refractivity contribution in [1.29, 1.82) is 0 Å². The number of halogens is 3. The Balaban J connectivity index is 2.13. The number of likely N-dealkylation sites (tertiary alicyclic amines) is 1. The second kappa shape index (κ2) is 4.09. The van der Waals surface area contributed by atoms with Gasteiger partial charge in [-0.1, -0.05) is 6.42 Å². The van der Waals surface area contributed by atoms with Crippen LogP contribution >= 0.6 is 0 Å². The Morgan fingerprint density at radius 3 is 2.17 bits per heavy atom. The SMILES string of the molecule is FC(F)(F)OCN1CCCCC1. The van der Waals surface area contributed by atoms with E-state index in [1.165, 1.54) is 0 Å². The summed E-state index contributed by atoms with van der Waals surface area (Å²) in [5.41, 5.74) is 0. The molecule has 12 heavy (non-hydrogen) atoms. The fourth-order valence-electron chi connectivity index (χ4n) is 1.25. The molecule has 1 heterocycles. The molecule has 0 aromatic carbocycles. The average molecular weight is 183 g/mol. The lowest BCUT2D eigenvalue weighted by Gasteiger charge is -2.26. The van der Waals surface area contributed by atoms with Gasteiger partial charge in [0.25, 0.3) is 0 Å². The summed E-state index contributed by atoms with van der Waals surface area (Å²) in [6, 6.07) is 0. The number of alkyl halides is 3. The molecule has 1 saturated heterocycles. The summed E-state index contributed by atoms with van der Waals surface area (Å²) in [5.74, 6) is 0. The second-order valence-corrected chi connectivity index (χ2v) is 2.90. The minimum Gasteiger partial charge on any atom is -0.281 e. The quantitative estimate of drug-likeness (QED) is 0.648. The van der Waals surface area contributed by atoms with Gasteiger partial charge in [0, 0.05) is 13.1 Å². The van der Waals surface area contributed by atoms with E-state index < -0.39 is 6.36 Å². The first-order valence-electron chi connectivity index (χ1n) is 4.01. The number of nitrogens with zero attached hydrogens (tertiary/aromatic N) is 1. The van der Waals surface area contributed by atoms with Crippen molar-refractivity contribution in [3.05, 3.63) is 0 Å². The highest BCUT2D eigenvalue weighted by molar-refractivity contribution is 4.60. The van der Waals surface area contributed by atoms with Crippen LogP contribution in [0.3, 0.4) is 0 Å². The molecule has 0 spiro atoms. The highest BCUT2D eigenvalue weighted by Crippen LogP contribution is 2.17. The van der Waals surface area contributed by atoms with E-state index in [9.17, 15) is 13.2 Å². The van der Waals surface area contributed by atoms with Gasteiger partial charge in [0.2, 0.25) is 0 Å². The Morgan fingerprint density at radius 2 is 1.67 bits per heavy atom. The summed E-state index contributed by atoms with van der Waals surface area (Å²) in [6.45, 7) is 1.12. The first kappa shape index (κ1) is 9.80. The van der Waals surface area contributed by atoms with Gasteiger partial charge in [-0.15, -0.1) is 13.2 Å². The van der Waals surface area contributed by atoms with Crippen LogP contribution in [0.2, 0.25) is 0 Å². The van der Waals surface area contributed by atoms with Crippen LogP contribution < -0.4 is 0 Å². The van der Waals surface area contributed by atoms with Crippen LogP contribution in [0.15, 0.2) is 0 Å². The number of rotatable bonds is 2. The minimum absolute atomic E-state index is 0.316. The van der Waals surface area contributed by atoms with E-state index in [1.54, 1.807) is 4.90 Å². The van der Waals surface area contributed by atoms with Gasteiger partial charge in [0.1, 0.15) is 6.73 Å². The monoisotopic (exact) mass is 183 g/mol. The van der Waals surface area contributed by atoms with Crippen molar-refractivity contribution in [1.82, 2.24) is 4.90 Å². The van der Waals surface area contributed by atoms with Crippen molar-refractivity contribution >= 4 is 0 Å². The van der Waals surface area contributed by atoms with E-state index in [2.05, 4.69) is 4.74 Å². The third-order valence-electron chi connectivity index (χ3n) is 1.86. The molecule has 0 aromatic heterocycles. The van der Waals surface area contributed by atoms with Gasteiger partial charge < -0.3 is 0 Å². The van der Waals surface area contributed by atoms with Gasteiger partial charge in [-0.3, -0.25) is 9.64 Å². The fourth-order valence-corrected chi connectivity index (χ4v) is 1.25. The van der Waals surface area contributed by atoms with Gasteiger partial charge >= 0.3 is 6.36 Å². The van der Waals surface area contributed by atoms with Crippen LogP contribution in [0, 0.1) is 0 Å². The number of piperidine rings is 1. The second-order valence-electron chi connectivity index (χ2n) is 2.90. The molecule has 2 nitrogen and oxygen atoms in total. The normalized spacial score (nSPS) is 21.2. The van der Waals surface area contributed by atoms with Gasteiger partial charge in [0.15, 0.2) is 0 Å². The lowest BCUT2D eigenvalue weighted by atomic mass is 10.1. The Hall–Kier alpha value is -0.290. The van der Waals surface area contributed by atoms with Crippen molar-refractivity contribution in [2.75, 3.05) is 19.8 Å². The zero-order chi connectivity index (χ0) is 9.03. The average Bonchev–Trinajstić information content (AvgIpc) is 2.02. The van der Waals surface area contributed by atoms with Crippen LogP contribution in [-0.2, 0) is 4.74 Å². The molecule has 0 unspecified atom stereocenters. The largest absolute Gasteiger partial charge is 0.523 e. The highest BCUT2D eigenvalue weighted by atomic mass is 19.4. The summed E-state index contributed by atoms with van der Waals surface area (Å²) in [5, 5.41) is 0. The Labute approximate surface area is 69.3 Å². The number of hydrogen-bond donors (Lipinski definition) is 0. The summed E-state index contributed by atoms with van der Waals surface area (Å²) >= 11 is 0.